The van der Waals surface area contributed by atoms with Crippen LogP contribution in [0.25, 0.3) is 11.2 Å². The fourth-order valence-electron chi connectivity index (χ4n) is 5.21. The summed E-state index contributed by atoms with van der Waals surface area (Å²) in [5.74, 6) is 0.904. The fourth-order valence-corrected chi connectivity index (χ4v) is 7.19. The summed E-state index contributed by atoms with van der Waals surface area (Å²) < 4.78 is 21.1. The molecule has 1 saturated heterocycles. The van der Waals surface area contributed by atoms with Crippen molar-refractivity contribution >= 4 is 61.9 Å². The summed E-state index contributed by atoms with van der Waals surface area (Å²) in [6, 6.07) is 4.47. The molecule has 0 N–H and O–H groups in total. The summed E-state index contributed by atoms with van der Waals surface area (Å²) in [5.41, 5.74) is 2.40. The number of amides is 1. The molecule has 1 fully saturated rings. The third-order valence-corrected chi connectivity index (χ3v) is 11.7. The Balaban J connectivity index is 1.62. The Morgan fingerprint density at radius 3 is 2.21 bits per heavy atom. The summed E-state index contributed by atoms with van der Waals surface area (Å²) in [5, 5.41) is 4.69. The monoisotopic (exact) mass is 727 g/mol. The minimum Gasteiger partial charge on any atom is -0.444 e. The molecule has 12 heteroatoms. The first kappa shape index (κ1) is 33.4. The van der Waals surface area contributed by atoms with Gasteiger partial charge in [0.2, 0.25) is 0 Å². The first-order valence-electron chi connectivity index (χ1n) is 15.2. The highest BCUT2D eigenvalue weighted by Crippen LogP contribution is 2.40. The van der Waals surface area contributed by atoms with Gasteiger partial charge in [0.15, 0.2) is 5.65 Å². The van der Waals surface area contributed by atoms with Crippen molar-refractivity contribution in [2.24, 2.45) is 0 Å². The molecule has 2 bridgehead atoms. The lowest BCUT2D eigenvalue weighted by molar-refractivity contribution is 0.0175. The molecule has 2 aromatic rings. The van der Waals surface area contributed by atoms with Gasteiger partial charge in [-0.05, 0) is 80.3 Å². The molecule has 0 unspecified atom stereocenters. The highest BCUT2D eigenvalue weighted by molar-refractivity contribution is 14.1. The molecule has 9 nitrogen and oxygen atoms in total. The van der Waals surface area contributed by atoms with Crippen molar-refractivity contribution in [1.29, 1.82) is 0 Å². The van der Waals surface area contributed by atoms with E-state index >= 15 is 0 Å². The minimum absolute atomic E-state index is 0.0185. The lowest BCUT2D eigenvalue weighted by atomic mass is 9.98. The third-order valence-electron chi connectivity index (χ3n) is 7.55. The maximum atomic E-state index is 13.0. The Labute approximate surface area is 267 Å². The van der Waals surface area contributed by atoms with Gasteiger partial charge in [0.05, 0.1) is 21.5 Å². The first-order valence-corrected chi connectivity index (χ1v) is 23.7. The average Bonchev–Trinajstić information content (AvgIpc) is 3.36. The van der Waals surface area contributed by atoms with Gasteiger partial charge in [-0.15, -0.1) is 0 Å². The summed E-state index contributed by atoms with van der Waals surface area (Å²) >= 11 is 2.31. The maximum Gasteiger partial charge on any atom is 0.411 e. The molecule has 2 aliphatic heterocycles. The molecule has 0 radical (unpaired) electrons. The topological polar surface area (TPSA) is 81.4 Å². The molecule has 2 aliphatic rings. The normalized spacial score (nSPS) is 19.4. The molecule has 234 valence electrons. The Hall–Kier alpha value is -1.49. The molecule has 0 aromatic carbocycles. The van der Waals surface area contributed by atoms with Crippen LogP contribution in [-0.2, 0) is 14.2 Å². The lowest BCUT2D eigenvalue weighted by Gasteiger charge is -2.35. The zero-order valence-corrected chi connectivity index (χ0v) is 31.2. The number of nitrogens with zero attached hydrogens (tertiary/aromatic N) is 5. The van der Waals surface area contributed by atoms with E-state index in [4.69, 9.17) is 24.3 Å². The number of halogens is 1. The van der Waals surface area contributed by atoms with Crippen LogP contribution in [0.5, 0.6) is 0 Å². The molecule has 0 spiro atoms. The van der Waals surface area contributed by atoms with Gasteiger partial charge in [-0.1, -0.05) is 45.4 Å². The molecule has 2 aromatic heterocycles. The molecule has 0 saturated carbocycles. The quantitative estimate of drug-likeness (QED) is 0.0982. The van der Waals surface area contributed by atoms with Crippen molar-refractivity contribution in [3.8, 4) is 0 Å². The number of aromatic nitrogens is 3. The smallest absolute Gasteiger partial charge is 0.411 e. The van der Waals surface area contributed by atoms with Crippen molar-refractivity contribution in [2.75, 3.05) is 31.6 Å². The van der Waals surface area contributed by atoms with Crippen LogP contribution in [0.15, 0.2) is 18.3 Å². The Morgan fingerprint density at radius 1 is 1.05 bits per heavy atom. The van der Waals surface area contributed by atoms with E-state index in [1.165, 1.54) is 5.57 Å². The number of carbonyl (C=O) groups excluding carboxylic acids is 1. The number of anilines is 1. The number of carbonyl (C=O) groups is 1. The van der Waals surface area contributed by atoms with Gasteiger partial charge in [0, 0.05) is 41.5 Å². The van der Waals surface area contributed by atoms with E-state index in [1.807, 2.05) is 36.4 Å². The van der Waals surface area contributed by atoms with Gasteiger partial charge in [0.1, 0.15) is 24.9 Å². The number of hydrogen-bond acceptors (Lipinski definition) is 7. The molecule has 1 amide bonds. The largest absolute Gasteiger partial charge is 0.444 e. The molecular formula is C30H50IN5O4Si2. The summed E-state index contributed by atoms with van der Waals surface area (Å²) in [6.45, 7) is 22.3. The average molecular weight is 728 g/mol. The fraction of sp³-hybridized carbons (Fsp3) is 0.700. The highest BCUT2D eigenvalue weighted by Gasteiger charge is 2.42. The number of fused-ring (bicyclic) bond motifs is 3. The zero-order chi connectivity index (χ0) is 30.9. The predicted molar refractivity (Wildman–Crippen MR) is 184 cm³/mol. The Kier molecular flexibility index (Phi) is 10.5. The predicted octanol–water partition coefficient (Wildman–Crippen LogP) is 7.32. The second-order valence-electron chi connectivity index (χ2n) is 15.0. The van der Waals surface area contributed by atoms with Crippen LogP contribution in [0, 0.1) is 3.57 Å². The van der Waals surface area contributed by atoms with E-state index in [9.17, 15) is 4.79 Å². The van der Waals surface area contributed by atoms with E-state index in [-0.39, 0.29) is 18.2 Å². The molecule has 4 heterocycles. The Bertz CT molecular complexity index is 1260. The number of hydrogen-bond donors (Lipinski definition) is 0. The van der Waals surface area contributed by atoms with E-state index in [0.717, 1.165) is 65.3 Å². The van der Waals surface area contributed by atoms with Gasteiger partial charge in [-0.3, -0.25) is 4.90 Å². The van der Waals surface area contributed by atoms with Crippen molar-refractivity contribution in [3.63, 3.8) is 0 Å². The van der Waals surface area contributed by atoms with Crippen LogP contribution in [0.1, 0.15) is 45.7 Å². The molecule has 2 atom stereocenters. The van der Waals surface area contributed by atoms with E-state index in [2.05, 4.69) is 78.9 Å². The zero-order valence-electron chi connectivity index (χ0n) is 27.0. The van der Waals surface area contributed by atoms with Crippen LogP contribution in [0.3, 0.4) is 0 Å². The standard InChI is InChI=1S/C30H50IN5O4Si2/c1-30(2,3)40-29(37)35-23-10-11-24(35)17-22(16-23)26-18-27(36-28(33-26)25(31)19-32-36)34(20-38-12-14-41(4,5)6)21-39-13-15-42(7,8)9/h16,18-19,23-24H,10-15,17,20-21H2,1-9H3/t23-,24+/m0/s1. The van der Waals surface area contributed by atoms with Crippen LogP contribution < -0.4 is 4.90 Å². The van der Waals surface area contributed by atoms with Crippen LogP contribution in [-0.4, -0.2) is 86.1 Å². The summed E-state index contributed by atoms with van der Waals surface area (Å²) in [7, 11) is -2.42. The van der Waals surface area contributed by atoms with E-state index < -0.39 is 21.7 Å². The summed E-state index contributed by atoms with van der Waals surface area (Å²) in [6.07, 6.45) is 6.51. The molecular weight excluding hydrogens is 677 g/mol. The van der Waals surface area contributed by atoms with Gasteiger partial charge in [0.25, 0.3) is 0 Å². The summed E-state index contributed by atoms with van der Waals surface area (Å²) in [4.78, 5) is 22.2. The number of rotatable bonds is 12. The van der Waals surface area contributed by atoms with Crippen LogP contribution in [0.4, 0.5) is 10.6 Å². The van der Waals surface area contributed by atoms with Gasteiger partial charge in [-0.25, -0.2) is 9.78 Å². The minimum atomic E-state index is -1.21. The van der Waals surface area contributed by atoms with Crippen LogP contribution >= 0.6 is 22.6 Å². The van der Waals surface area contributed by atoms with E-state index in [1.54, 1.807) is 0 Å². The molecule has 4 rings (SSSR count). The third kappa shape index (κ3) is 9.02. The second kappa shape index (κ2) is 13.2. The second-order valence-corrected chi connectivity index (χ2v) is 27.5. The highest BCUT2D eigenvalue weighted by atomic mass is 127. The van der Waals surface area contributed by atoms with Gasteiger partial charge < -0.3 is 19.1 Å². The van der Waals surface area contributed by atoms with Crippen molar-refractivity contribution in [1.82, 2.24) is 19.5 Å². The SMILES string of the molecule is CC(C)(C)OC(=O)N1[C@@H]2CC[C@H]1C=C(c1cc(N(COCC[Si](C)(C)C)COCC[Si](C)(C)C)n3ncc(I)c3n1)C2. The lowest BCUT2D eigenvalue weighted by Crippen LogP contribution is -2.45. The molecule has 42 heavy (non-hydrogen) atoms. The van der Waals surface area contributed by atoms with Crippen LogP contribution in [0.2, 0.25) is 51.4 Å². The first-order chi connectivity index (χ1) is 19.5. The Morgan fingerprint density at radius 2 is 1.67 bits per heavy atom. The van der Waals surface area contributed by atoms with E-state index in [0.29, 0.717) is 13.5 Å². The van der Waals surface area contributed by atoms with Crippen molar-refractivity contribution in [3.05, 3.63) is 27.6 Å². The molecule has 0 aliphatic carbocycles. The number of ether oxygens (including phenoxy) is 3. The van der Waals surface area contributed by atoms with Gasteiger partial charge in [-0.2, -0.15) is 9.61 Å². The van der Waals surface area contributed by atoms with Crippen molar-refractivity contribution in [2.45, 2.75) is 109 Å². The van der Waals surface area contributed by atoms with Gasteiger partial charge >= 0.3 is 6.09 Å². The maximum absolute atomic E-state index is 13.0. The van der Waals surface area contributed by atoms with Crippen molar-refractivity contribution < 1.29 is 19.0 Å².